The van der Waals surface area contributed by atoms with E-state index in [-0.39, 0.29) is 11.4 Å². The Morgan fingerprint density at radius 2 is 2.15 bits per heavy atom. The van der Waals surface area contributed by atoms with Gasteiger partial charge in [-0.25, -0.2) is 9.37 Å². The minimum Gasteiger partial charge on any atom is -0.337 e. The van der Waals surface area contributed by atoms with Crippen LogP contribution in [-0.2, 0) is 6.54 Å². The molecule has 0 radical (unpaired) electrons. The number of aromatic nitrogens is 2. The average molecular weight is 406 g/mol. The summed E-state index contributed by atoms with van der Waals surface area (Å²) >= 11 is 4.46. The van der Waals surface area contributed by atoms with Crippen LogP contribution in [0, 0.1) is 12.7 Å². The van der Waals surface area contributed by atoms with E-state index < -0.39 is 0 Å². The third-order valence-electron chi connectivity index (χ3n) is 4.30. The van der Waals surface area contributed by atoms with E-state index in [9.17, 15) is 9.18 Å². The first kappa shape index (κ1) is 17.5. The minimum absolute atomic E-state index is 0.0133. The average Bonchev–Trinajstić information content (AvgIpc) is 3.31. The Labute approximate surface area is 161 Å². The van der Waals surface area contributed by atoms with Crippen LogP contribution in [0.4, 0.5) is 10.1 Å². The maximum Gasteiger partial charge on any atom is 0.271 e. The topological polar surface area (TPSA) is 38.1 Å². The second-order valence-corrected chi connectivity index (χ2v) is 8.78. The van der Waals surface area contributed by atoms with Gasteiger partial charge in [-0.1, -0.05) is 11.8 Å². The van der Waals surface area contributed by atoms with Gasteiger partial charge in [0.2, 0.25) is 0 Å². The summed E-state index contributed by atoms with van der Waals surface area (Å²) in [5.74, 6) is -0.221. The summed E-state index contributed by atoms with van der Waals surface area (Å²) in [6, 6.07) is 3.25. The van der Waals surface area contributed by atoms with E-state index in [1.165, 1.54) is 40.5 Å². The second-order valence-electron chi connectivity index (χ2n) is 5.82. The van der Waals surface area contributed by atoms with E-state index in [4.69, 9.17) is 0 Å². The minimum atomic E-state index is -0.221. The van der Waals surface area contributed by atoms with Crippen molar-refractivity contribution in [3.05, 3.63) is 59.6 Å². The van der Waals surface area contributed by atoms with E-state index in [2.05, 4.69) is 4.98 Å². The van der Waals surface area contributed by atoms with Gasteiger partial charge in [0.05, 0.1) is 5.69 Å². The molecule has 2 aromatic heterocycles. The van der Waals surface area contributed by atoms with Crippen LogP contribution in [0.25, 0.3) is 11.1 Å². The van der Waals surface area contributed by atoms with E-state index in [0.29, 0.717) is 16.6 Å². The van der Waals surface area contributed by atoms with Crippen LogP contribution in [0.15, 0.2) is 33.4 Å². The quantitative estimate of drug-likeness (QED) is 0.657. The number of anilines is 1. The van der Waals surface area contributed by atoms with Crippen molar-refractivity contribution in [3.63, 3.8) is 0 Å². The Morgan fingerprint density at radius 1 is 1.35 bits per heavy atom. The Kier molecular flexibility index (Phi) is 4.50. The van der Waals surface area contributed by atoms with Crippen molar-refractivity contribution in [1.29, 1.82) is 0 Å². The van der Waals surface area contributed by atoms with Crippen LogP contribution in [0.5, 0.6) is 0 Å². The fourth-order valence-corrected chi connectivity index (χ4v) is 6.08. The van der Waals surface area contributed by atoms with Crippen LogP contribution < -0.4 is 19.7 Å². The van der Waals surface area contributed by atoms with Crippen LogP contribution in [-0.4, -0.2) is 16.6 Å². The number of nitrogens with zero attached hydrogens (tertiary/aromatic N) is 3. The van der Waals surface area contributed by atoms with Crippen molar-refractivity contribution in [2.24, 2.45) is 0 Å². The van der Waals surface area contributed by atoms with E-state index in [1.807, 2.05) is 30.3 Å². The maximum absolute atomic E-state index is 13.9. The Bertz CT molecular complexity index is 1160. The van der Waals surface area contributed by atoms with Gasteiger partial charge in [-0.3, -0.25) is 9.36 Å². The van der Waals surface area contributed by atoms with Gasteiger partial charge in [0.25, 0.3) is 5.56 Å². The number of thioether (sulfide) groups is 1. The molecule has 4 nitrogen and oxygen atoms in total. The summed E-state index contributed by atoms with van der Waals surface area (Å²) in [5, 5.41) is 3.64. The molecule has 3 heterocycles. The molecule has 0 bridgehead atoms. The molecule has 0 unspecified atom stereocenters. The Morgan fingerprint density at radius 3 is 2.85 bits per heavy atom. The maximum atomic E-state index is 13.9. The van der Waals surface area contributed by atoms with E-state index in [1.54, 1.807) is 23.8 Å². The SMILES string of the molecule is CCn1c(=O)/c(=C2\Sc3c(ccc(F)c3C)N2C)s/c1=C\c1nccs1. The molecule has 0 saturated carbocycles. The molecule has 8 heteroatoms. The highest BCUT2D eigenvalue weighted by Crippen LogP contribution is 2.47. The number of thiazole rings is 2. The normalized spacial score (nSPS) is 16.5. The molecule has 0 aliphatic carbocycles. The summed E-state index contributed by atoms with van der Waals surface area (Å²) in [6.07, 6.45) is 3.70. The number of rotatable bonds is 2. The third kappa shape index (κ3) is 2.72. The smallest absolute Gasteiger partial charge is 0.271 e. The molecule has 3 aromatic rings. The Balaban J connectivity index is 1.96. The lowest BCUT2D eigenvalue weighted by Gasteiger charge is -2.12. The standard InChI is InChI=1S/C18H16FN3OS3/c1-4-22-14(9-13-20-7-8-24-13)25-16(17(22)23)18-21(3)12-6-5-11(19)10(2)15(12)26-18/h5-9H,4H2,1-3H3/b14-9-,18-16+. The monoisotopic (exact) mass is 405 g/mol. The lowest BCUT2D eigenvalue weighted by Crippen LogP contribution is -2.33. The molecule has 0 N–H and O–H groups in total. The van der Waals surface area contributed by atoms with Crippen molar-refractivity contribution in [2.75, 3.05) is 11.9 Å². The molecule has 0 atom stereocenters. The van der Waals surface area contributed by atoms with Crippen LogP contribution in [0.3, 0.4) is 0 Å². The third-order valence-corrected chi connectivity index (χ3v) is 7.67. The molecule has 0 spiro atoms. The summed E-state index contributed by atoms with van der Waals surface area (Å²) in [5.41, 5.74) is 1.54. The van der Waals surface area contributed by atoms with Gasteiger partial charge in [0.1, 0.15) is 25.0 Å². The van der Waals surface area contributed by atoms with Gasteiger partial charge in [0, 0.05) is 41.7 Å². The zero-order chi connectivity index (χ0) is 18.4. The molecule has 1 aliphatic rings. The van der Waals surface area contributed by atoms with Crippen LogP contribution >= 0.6 is 34.4 Å². The zero-order valence-electron chi connectivity index (χ0n) is 14.4. The molecule has 0 fully saturated rings. The second kappa shape index (κ2) is 6.68. The molecular weight excluding hydrogens is 389 g/mol. The zero-order valence-corrected chi connectivity index (χ0v) is 16.9. The number of benzene rings is 1. The first-order valence-electron chi connectivity index (χ1n) is 8.07. The van der Waals surface area contributed by atoms with Crippen molar-refractivity contribution in [2.45, 2.75) is 25.3 Å². The van der Waals surface area contributed by atoms with Gasteiger partial charge in [-0.2, -0.15) is 0 Å². The Hall–Kier alpha value is -1.90. The first-order valence-corrected chi connectivity index (χ1v) is 10.6. The van der Waals surface area contributed by atoms with Crippen LogP contribution in [0.1, 0.15) is 17.5 Å². The molecule has 0 saturated heterocycles. The number of fused-ring (bicyclic) bond motifs is 1. The van der Waals surface area contributed by atoms with Gasteiger partial charge >= 0.3 is 0 Å². The van der Waals surface area contributed by atoms with Gasteiger partial charge in [0.15, 0.2) is 0 Å². The number of hydrogen-bond donors (Lipinski definition) is 0. The predicted molar refractivity (Wildman–Crippen MR) is 108 cm³/mol. The van der Waals surface area contributed by atoms with Gasteiger partial charge in [-0.05, 0) is 26.0 Å². The molecule has 134 valence electrons. The summed E-state index contributed by atoms with van der Waals surface area (Å²) < 4.78 is 17.2. The number of hydrogen-bond acceptors (Lipinski definition) is 6. The van der Waals surface area contributed by atoms with E-state index in [0.717, 1.165) is 25.3 Å². The fourth-order valence-electron chi connectivity index (χ4n) is 2.90. The molecule has 1 aliphatic heterocycles. The van der Waals surface area contributed by atoms with Crippen LogP contribution in [0.2, 0.25) is 0 Å². The van der Waals surface area contributed by atoms with E-state index >= 15 is 0 Å². The van der Waals surface area contributed by atoms with Gasteiger partial charge in [-0.15, -0.1) is 22.7 Å². The highest BCUT2D eigenvalue weighted by atomic mass is 32.2. The van der Waals surface area contributed by atoms with Crippen molar-refractivity contribution >= 4 is 51.2 Å². The fraction of sp³-hybridized carbons (Fsp3) is 0.222. The molecular formula is C18H16FN3OS3. The van der Waals surface area contributed by atoms with Gasteiger partial charge < -0.3 is 4.90 Å². The molecule has 0 amide bonds. The van der Waals surface area contributed by atoms with Crippen molar-refractivity contribution in [1.82, 2.24) is 9.55 Å². The van der Waals surface area contributed by atoms with Crippen molar-refractivity contribution in [3.8, 4) is 0 Å². The lowest BCUT2D eigenvalue weighted by molar-refractivity contribution is 0.614. The number of halogens is 1. The highest BCUT2D eigenvalue weighted by molar-refractivity contribution is 8.08. The first-order chi connectivity index (χ1) is 12.5. The largest absolute Gasteiger partial charge is 0.337 e. The van der Waals surface area contributed by atoms with Crippen molar-refractivity contribution < 1.29 is 4.39 Å². The summed E-state index contributed by atoms with van der Waals surface area (Å²) in [7, 11) is 1.92. The predicted octanol–water partition coefficient (Wildman–Crippen LogP) is 2.97. The highest BCUT2D eigenvalue weighted by Gasteiger charge is 2.27. The summed E-state index contributed by atoms with van der Waals surface area (Å²) in [6.45, 7) is 4.33. The summed E-state index contributed by atoms with van der Waals surface area (Å²) in [4.78, 5) is 20.1. The molecule has 1 aromatic carbocycles. The molecule has 26 heavy (non-hydrogen) atoms. The molecule has 4 rings (SSSR count). The lowest BCUT2D eigenvalue weighted by atomic mass is 10.2.